The molecule has 0 unspecified atom stereocenters. The number of nitrogens with zero attached hydrogens (tertiary/aromatic N) is 1. The van der Waals surface area contributed by atoms with Gasteiger partial charge in [0, 0.05) is 38.4 Å². The van der Waals surface area contributed by atoms with Gasteiger partial charge in [-0.2, -0.15) is 0 Å². The van der Waals surface area contributed by atoms with E-state index in [1.165, 1.54) is 12.1 Å². The lowest BCUT2D eigenvalue weighted by molar-refractivity contribution is -0.133. The van der Waals surface area contributed by atoms with Crippen LogP contribution in [-0.2, 0) is 4.79 Å². The minimum absolute atomic E-state index is 0.0704. The van der Waals surface area contributed by atoms with Gasteiger partial charge in [-0.25, -0.2) is 8.78 Å². The molecule has 134 valence electrons. The third-order valence-corrected chi connectivity index (χ3v) is 4.33. The number of amides is 1. The van der Waals surface area contributed by atoms with Crippen molar-refractivity contribution in [3.63, 3.8) is 0 Å². The molecule has 1 heterocycles. The summed E-state index contributed by atoms with van der Waals surface area (Å²) >= 11 is 0. The highest BCUT2D eigenvalue weighted by Gasteiger charge is 2.24. The number of hydrogen-bond acceptors (Lipinski definition) is 3. The second kappa shape index (κ2) is 9.57. The van der Waals surface area contributed by atoms with Crippen molar-refractivity contribution >= 4 is 5.91 Å². The summed E-state index contributed by atoms with van der Waals surface area (Å²) in [5.41, 5.74) is 5.44. The fourth-order valence-corrected chi connectivity index (χ4v) is 2.91. The van der Waals surface area contributed by atoms with E-state index in [0.29, 0.717) is 38.9 Å². The first-order chi connectivity index (χ1) is 11.6. The van der Waals surface area contributed by atoms with Crippen LogP contribution in [0.4, 0.5) is 8.78 Å². The third-order valence-electron chi connectivity index (χ3n) is 4.33. The molecule has 4 nitrogen and oxygen atoms in total. The highest BCUT2D eigenvalue weighted by atomic mass is 19.1. The van der Waals surface area contributed by atoms with Crippen LogP contribution in [0.2, 0.25) is 0 Å². The molecule has 0 radical (unpaired) electrons. The Hall–Kier alpha value is -1.69. The van der Waals surface area contributed by atoms with Crippen molar-refractivity contribution in [1.82, 2.24) is 4.90 Å². The normalized spacial score (nSPS) is 15.5. The maximum absolute atomic E-state index is 13.6. The van der Waals surface area contributed by atoms with Gasteiger partial charge in [0.2, 0.25) is 5.91 Å². The van der Waals surface area contributed by atoms with Gasteiger partial charge in [0.15, 0.2) is 11.6 Å². The molecule has 0 aliphatic carbocycles. The van der Waals surface area contributed by atoms with Gasteiger partial charge in [-0.05, 0) is 31.5 Å². The smallest absolute Gasteiger partial charge is 0.222 e. The second-order valence-corrected chi connectivity index (χ2v) is 6.23. The lowest BCUT2D eigenvalue weighted by Crippen LogP contribution is -2.41. The highest BCUT2D eigenvalue weighted by Crippen LogP contribution is 2.23. The lowest BCUT2D eigenvalue weighted by atomic mass is 10.1. The fourth-order valence-electron chi connectivity index (χ4n) is 2.91. The van der Waals surface area contributed by atoms with Gasteiger partial charge in [-0.3, -0.25) is 4.79 Å². The van der Waals surface area contributed by atoms with Gasteiger partial charge in [0.05, 0.1) is 0 Å². The Morgan fingerprint density at radius 1 is 1.17 bits per heavy atom. The van der Waals surface area contributed by atoms with E-state index >= 15 is 0 Å². The summed E-state index contributed by atoms with van der Waals surface area (Å²) in [6.45, 7) is 1.94. The van der Waals surface area contributed by atoms with Gasteiger partial charge in [-0.15, -0.1) is 0 Å². The molecule has 0 atom stereocenters. The summed E-state index contributed by atoms with van der Waals surface area (Å²) in [5, 5.41) is 0. The number of halogens is 2. The number of hydrogen-bond donors (Lipinski definition) is 1. The molecule has 24 heavy (non-hydrogen) atoms. The van der Waals surface area contributed by atoms with Gasteiger partial charge in [-0.1, -0.05) is 12.8 Å². The first-order valence-electron chi connectivity index (χ1n) is 8.69. The molecule has 1 amide bonds. The van der Waals surface area contributed by atoms with Gasteiger partial charge >= 0.3 is 0 Å². The molecule has 1 saturated heterocycles. The van der Waals surface area contributed by atoms with Crippen LogP contribution in [0.3, 0.4) is 0 Å². The largest absolute Gasteiger partial charge is 0.487 e. The van der Waals surface area contributed by atoms with Crippen molar-refractivity contribution in [2.24, 2.45) is 5.73 Å². The minimum Gasteiger partial charge on any atom is -0.487 e. The molecule has 2 N–H and O–H groups in total. The Morgan fingerprint density at radius 2 is 1.88 bits per heavy atom. The minimum atomic E-state index is -0.689. The van der Waals surface area contributed by atoms with E-state index in [2.05, 4.69) is 0 Å². The van der Waals surface area contributed by atoms with Crippen molar-refractivity contribution in [3.8, 4) is 5.75 Å². The summed E-state index contributed by atoms with van der Waals surface area (Å²) in [7, 11) is 0. The SMILES string of the molecule is NCCCCCCC(=O)N1CCC(Oc2ccc(F)cc2F)CC1. The quantitative estimate of drug-likeness (QED) is 0.739. The summed E-state index contributed by atoms with van der Waals surface area (Å²) < 4.78 is 32.1. The van der Waals surface area contributed by atoms with Crippen molar-refractivity contribution in [3.05, 3.63) is 29.8 Å². The van der Waals surface area contributed by atoms with E-state index in [0.717, 1.165) is 31.7 Å². The summed E-state index contributed by atoms with van der Waals surface area (Å²) in [4.78, 5) is 14.0. The summed E-state index contributed by atoms with van der Waals surface area (Å²) in [6.07, 6.45) is 5.77. The van der Waals surface area contributed by atoms with Gasteiger partial charge in [0.25, 0.3) is 0 Å². The molecule has 0 bridgehead atoms. The Morgan fingerprint density at radius 3 is 2.54 bits per heavy atom. The topological polar surface area (TPSA) is 55.6 Å². The average molecular weight is 340 g/mol. The zero-order valence-corrected chi connectivity index (χ0v) is 14.0. The molecule has 1 aliphatic heterocycles. The lowest BCUT2D eigenvalue weighted by Gasteiger charge is -2.32. The Labute approximate surface area is 142 Å². The maximum Gasteiger partial charge on any atom is 0.222 e. The number of rotatable bonds is 8. The zero-order chi connectivity index (χ0) is 17.4. The van der Waals surface area contributed by atoms with E-state index in [4.69, 9.17) is 10.5 Å². The number of ether oxygens (including phenoxy) is 1. The van der Waals surface area contributed by atoms with Crippen LogP contribution in [0, 0.1) is 11.6 Å². The number of nitrogens with two attached hydrogens (primary N) is 1. The predicted octanol–water partition coefficient (Wildman–Crippen LogP) is 3.24. The van der Waals surface area contributed by atoms with Crippen LogP contribution < -0.4 is 10.5 Å². The molecular weight excluding hydrogens is 314 g/mol. The third kappa shape index (κ3) is 5.74. The number of likely N-dealkylation sites (tertiary alicyclic amines) is 1. The molecule has 1 fully saturated rings. The van der Waals surface area contributed by atoms with Crippen LogP contribution in [0.5, 0.6) is 5.75 Å². The van der Waals surface area contributed by atoms with Crippen LogP contribution in [0.15, 0.2) is 18.2 Å². The van der Waals surface area contributed by atoms with Crippen molar-refractivity contribution in [1.29, 1.82) is 0 Å². The van der Waals surface area contributed by atoms with Crippen molar-refractivity contribution < 1.29 is 18.3 Å². The van der Waals surface area contributed by atoms with Crippen LogP contribution in [0.1, 0.15) is 44.9 Å². The second-order valence-electron chi connectivity index (χ2n) is 6.23. The molecule has 2 rings (SSSR count). The van der Waals surface area contributed by atoms with Crippen LogP contribution in [-0.4, -0.2) is 36.5 Å². The first-order valence-corrected chi connectivity index (χ1v) is 8.69. The van der Waals surface area contributed by atoms with E-state index in [-0.39, 0.29) is 17.8 Å². The zero-order valence-electron chi connectivity index (χ0n) is 14.0. The fraction of sp³-hybridized carbons (Fsp3) is 0.611. The maximum atomic E-state index is 13.6. The van der Waals surface area contributed by atoms with Crippen molar-refractivity contribution in [2.45, 2.75) is 51.0 Å². The monoisotopic (exact) mass is 340 g/mol. The molecule has 1 aromatic carbocycles. The van der Waals surface area contributed by atoms with Crippen molar-refractivity contribution in [2.75, 3.05) is 19.6 Å². The number of unbranched alkanes of at least 4 members (excludes halogenated alkanes) is 3. The van der Waals surface area contributed by atoms with Gasteiger partial charge in [0.1, 0.15) is 11.9 Å². The standard InChI is InChI=1S/C18H26F2N2O2/c19-14-6-7-17(16(20)13-14)24-15-8-11-22(12-9-15)18(23)5-3-1-2-4-10-21/h6-7,13,15H,1-5,8-12,21H2. The predicted molar refractivity (Wildman–Crippen MR) is 88.7 cm³/mol. The van der Waals surface area contributed by atoms with E-state index in [9.17, 15) is 13.6 Å². The van der Waals surface area contributed by atoms with E-state index in [1.54, 1.807) is 0 Å². The Bertz CT molecular complexity index is 532. The highest BCUT2D eigenvalue weighted by molar-refractivity contribution is 5.76. The molecule has 0 spiro atoms. The van der Waals surface area contributed by atoms with Crippen LogP contribution >= 0.6 is 0 Å². The number of carbonyl (C=O) groups excluding carboxylic acids is 1. The molecule has 1 aromatic rings. The van der Waals surface area contributed by atoms with E-state index < -0.39 is 11.6 Å². The molecule has 0 saturated carbocycles. The molecule has 6 heteroatoms. The summed E-state index contributed by atoms with van der Waals surface area (Å²) in [5.74, 6) is -1.06. The van der Waals surface area contributed by atoms with Crippen LogP contribution in [0.25, 0.3) is 0 Å². The number of carbonyl (C=O) groups is 1. The number of benzene rings is 1. The number of piperidine rings is 1. The Balaban J connectivity index is 1.70. The van der Waals surface area contributed by atoms with Gasteiger partial charge < -0.3 is 15.4 Å². The Kier molecular flexibility index (Phi) is 7.43. The summed E-state index contributed by atoms with van der Waals surface area (Å²) in [6, 6.07) is 3.31. The molecular formula is C18H26F2N2O2. The average Bonchev–Trinajstić information content (AvgIpc) is 2.57. The first kappa shape index (κ1) is 18.6. The molecule has 0 aromatic heterocycles. The van der Waals surface area contributed by atoms with E-state index in [1.807, 2.05) is 4.90 Å². The molecule has 1 aliphatic rings.